The van der Waals surface area contributed by atoms with E-state index in [1.165, 1.54) is 24.4 Å². The standard InChI is InChI=1S/C28H28F3NO12/c1-13(33)39-12-22-23(40-14(2)34)24(41-15(3)35)25(42-16(4)36)27(44-22)43-21-9-7-17(10-19(21)28(29,30)31)18-6-8-20(32-11-18)26(37)38-5/h6-11,22-25,27H,12H2,1-5H3/t22-,23-,24+,25+,27+/m1/s1. The van der Waals surface area contributed by atoms with Crippen LogP contribution in [0.2, 0.25) is 0 Å². The molecular weight excluding hydrogens is 599 g/mol. The van der Waals surface area contributed by atoms with Crippen molar-refractivity contribution in [1.29, 1.82) is 0 Å². The van der Waals surface area contributed by atoms with E-state index in [0.717, 1.165) is 46.9 Å². The average Bonchev–Trinajstić information content (AvgIpc) is 2.93. The van der Waals surface area contributed by atoms with Crippen LogP contribution in [0, 0.1) is 0 Å². The maximum Gasteiger partial charge on any atom is 0.419 e. The SMILES string of the molecule is COC(=O)c1ccc(-c2ccc(O[C@H]3O[C@H](COC(C)=O)[C@@H](OC(C)=O)[C@H](OC(C)=O)[C@@H]3OC(C)=O)c(C(F)(F)F)c2)cn1. The first kappa shape index (κ1) is 33.8. The van der Waals surface area contributed by atoms with Crippen molar-refractivity contribution < 1.29 is 70.3 Å². The molecule has 0 aliphatic carbocycles. The van der Waals surface area contributed by atoms with Crippen LogP contribution in [-0.4, -0.2) is 79.3 Å². The van der Waals surface area contributed by atoms with Gasteiger partial charge in [-0.05, 0) is 23.8 Å². The largest absolute Gasteiger partial charge is 0.464 e. The van der Waals surface area contributed by atoms with Crippen LogP contribution < -0.4 is 4.74 Å². The number of pyridine rings is 1. The van der Waals surface area contributed by atoms with Crippen LogP contribution in [-0.2, 0) is 53.8 Å². The Morgan fingerprint density at radius 2 is 1.41 bits per heavy atom. The van der Waals surface area contributed by atoms with Crippen molar-refractivity contribution in [3.8, 4) is 16.9 Å². The predicted molar refractivity (Wildman–Crippen MR) is 139 cm³/mol. The maximum atomic E-state index is 14.3. The van der Waals surface area contributed by atoms with Gasteiger partial charge in [-0.25, -0.2) is 9.78 Å². The van der Waals surface area contributed by atoms with E-state index in [1.807, 2.05) is 0 Å². The number of aromatic nitrogens is 1. The molecular formula is C28H28F3NO12. The molecule has 238 valence electrons. The van der Waals surface area contributed by atoms with Crippen molar-refractivity contribution in [3.05, 3.63) is 47.8 Å². The molecule has 0 radical (unpaired) electrons. The highest BCUT2D eigenvalue weighted by atomic mass is 19.4. The van der Waals surface area contributed by atoms with Gasteiger partial charge in [-0.15, -0.1) is 0 Å². The van der Waals surface area contributed by atoms with E-state index in [0.29, 0.717) is 0 Å². The Hall–Kier alpha value is -4.73. The molecule has 1 aromatic heterocycles. The Bertz CT molecular complexity index is 1400. The quantitative estimate of drug-likeness (QED) is 0.295. The number of hydrogen-bond donors (Lipinski definition) is 0. The van der Waals surface area contributed by atoms with Crippen molar-refractivity contribution in [2.75, 3.05) is 13.7 Å². The summed E-state index contributed by atoms with van der Waals surface area (Å²) in [5, 5.41) is 0. The summed E-state index contributed by atoms with van der Waals surface area (Å²) in [6, 6.07) is 5.64. The molecule has 0 N–H and O–H groups in total. The lowest BCUT2D eigenvalue weighted by atomic mass is 9.98. The summed E-state index contributed by atoms with van der Waals surface area (Å²) >= 11 is 0. The minimum atomic E-state index is -4.98. The van der Waals surface area contributed by atoms with E-state index in [-0.39, 0.29) is 16.8 Å². The molecule has 1 saturated heterocycles. The summed E-state index contributed by atoms with van der Waals surface area (Å²) in [5.41, 5.74) is -1.06. The monoisotopic (exact) mass is 627 g/mol. The van der Waals surface area contributed by atoms with Gasteiger partial charge >= 0.3 is 36.0 Å². The summed E-state index contributed by atoms with van der Waals surface area (Å²) in [6.07, 6.45) is -12.0. The lowest BCUT2D eigenvalue weighted by Crippen LogP contribution is -2.63. The molecule has 2 aromatic rings. The molecule has 1 fully saturated rings. The molecule has 16 heteroatoms. The van der Waals surface area contributed by atoms with E-state index in [2.05, 4.69) is 9.72 Å². The summed E-state index contributed by atoms with van der Waals surface area (Å²) in [6.45, 7) is 3.46. The molecule has 1 aliphatic rings. The van der Waals surface area contributed by atoms with Crippen LogP contribution in [0.4, 0.5) is 13.2 Å². The van der Waals surface area contributed by atoms with Gasteiger partial charge in [0.15, 0.2) is 12.2 Å². The van der Waals surface area contributed by atoms with Gasteiger partial charge in [-0.1, -0.05) is 12.1 Å². The average molecular weight is 628 g/mol. The van der Waals surface area contributed by atoms with E-state index >= 15 is 0 Å². The molecule has 5 atom stereocenters. The number of halogens is 3. The van der Waals surface area contributed by atoms with E-state index in [9.17, 15) is 37.1 Å². The Morgan fingerprint density at radius 3 is 1.93 bits per heavy atom. The molecule has 44 heavy (non-hydrogen) atoms. The molecule has 1 aromatic carbocycles. The smallest absolute Gasteiger partial charge is 0.419 e. The van der Waals surface area contributed by atoms with Gasteiger partial charge in [-0.3, -0.25) is 19.2 Å². The normalized spacial score (nSPS) is 21.4. The zero-order chi connectivity index (χ0) is 32.8. The number of rotatable bonds is 9. The van der Waals surface area contributed by atoms with Gasteiger partial charge in [0.2, 0.25) is 12.4 Å². The zero-order valence-electron chi connectivity index (χ0n) is 24.0. The second-order valence-electron chi connectivity index (χ2n) is 9.32. The van der Waals surface area contributed by atoms with Crippen LogP contribution in [0.5, 0.6) is 5.75 Å². The minimum Gasteiger partial charge on any atom is -0.464 e. The van der Waals surface area contributed by atoms with Crippen LogP contribution in [0.3, 0.4) is 0 Å². The van der Waals surface area contributed by atoms with Crippen LogP contribution in [0.1, 0.15) is 43.7 Å². The van der Waals surface area contributed by atoms with Crippen molar-refractivity contribution in [2.45, 2.75) is 64.6 Å². The Kier molecular flexibility index (Phi) is 10.9. The molecule has 3 rings (SSSR count). The Balaban J connectivity index is 2.07. The fourth-order valence-electron chi connectivity index (χ4n) is 4.23. The molecule has 13 nitrogen and oxygen atoms in total. The van der Waals surface area contributed by atoms with Gasteiger partial charge in [0, 0.05) is 39.5 Å². The Labute approximate surface area is 248 Å². The minimum absolute atomic E-state index is 0.0511. The number of carbonyl (C=O) groups is 5. The fraction of sp³-hybridized carbons (Fsp3) is 0.429. The van der Waals surface area contributed by atoms with Crippen LogP contribution >= 0.6 is 0 Å². The van der Waals surface area contributed by atoms with E-state index < -0.39 is 84.6 Å². The second kappa shape index (κ2) is 14.2. The summed E-state index contributed by atoms with van der Waals surface area (Å²) < 4.78 is 79.5. The topological polar surface area (TPSA) is 163 Å². The Morgan fingerprint density at radius 1 is 0.818 bits per heavy atom. The molecule has 0 spiro atoms. The first-order chi connectivity index (χ1) is 20.6. The number of ether oxygens (including phenoxy) is 7. The molecule has 0 amide bonds. The van der Waals surface area contributed by atoms with Crippen molar-refractivity contribution in [2.24, 2.45) is 0 Å². The van der Waals surface area contributed by atoms with Gasteiger partial charge in [0.1, 0.15) is 24.2 Å². The van der Waals surface area contributed by atoms with Crippen molar-refractivity contribution >= 4 is 29.8 Å². The van der Waals surface area contributed by atoms with Gasteiger partial charge in [-0.2, -0.15) is 13.2 Å². The number of carbonyl (C=O) groups excluding carboxylic acids is 5. The number of alkyl halides is 3. The van der Waals surface area contributed by atoms with Crippen molar-refractivity contribution in [1.82, 2.24) is 4.98 Å². The van der Waals surface area contributed by atoms with Crippen LogP contribution in [0.15, 0.2) is 36.5 Å². The van der Waals surface area contributed by atoms with Gasteiger partial charge < -0.3 is 33.2 Å². The van der Waals surface area contributed by atoms with Crippen LogP contribution in [0.25, 0.3) is 11.1 Å². The van der Waals surface area contributed by atoms with E-state index in [1.54, 1.807) is 0 Å². The van der Waals surface area contributed by atoms with E-state index in [4.69, 9.17) is 28.4 Å². The summed E-state index contributed by atoms with van der Waals surface area (Å²) in [7, 11) is 1.15. The number of benzene rings is 1. The summed E-state index contributed by atoms with van der Waals surface area (Å²) in [5.74, 6) is -5.05. The highest BCUT2D eigenvalue weighted by Gasteiger charge is 2.53. The lowest BCUT2D eigenvalue weighted by molar-refractivity contribution is -0.289. The molecule has 0 unspecified atom stereocenters. The number of hydrogen-bond acceptors (Lipinski definition) is 13. The molecule has 0 saturated carbocycles. The lowest BCUT2D eigenvalue weighted by Gasteiger charge is -2.44. The third kappa shape index (κ3) is 8.65. The second-order valence-corrected chi connectivity index (χ2v) is 9.32. The third-order valence-corrected chi connectivity index (χ3v) is 5.97. The first-order valence-electron chi connectivity index (χ1n) is 12.8. The molecule has 1 aliphatic heterocycles. The summed E-state index contributed by atoms with van der Waals surface area (Å²) in [4.78, 5) is 63.0. The molecule has 2 heterocycles. The first-order valence-corrected chi connectivity index (χ1v) is 12.8. The van der Waals surface area contributed by atoms with Gasteiger partial charge in [0.05, 0.1) is 12.7 Å². The third-order valence-electron chi connectivity index (χ3n) is 5.97. The number of nitrogens with zero attached hydrogens (tertiary/aromatic N) is 1. The highest BCUT2D eigenvalue weighted by molar-refractivity contribution is 5.87. The zero-order valence-corrected chi connectivity index (χ0v) is 24.0. The molecule has 0 bridgehead atoms. The number of methoxy groups -OCH3 is 1. The predicted octanol–water partition coefficient (Wildman–Crippen LogP) is 3.02. The van der Waals surface area contributed by atoms with Crippen molar-refractivity contribution in [3.63, 3.8) is 0 Å². The highest BCUT2D eigenvalue weighted by Crippen LogP contribution is 2.40. The maximum absolute atomic E-state index is 14.3. The fourth-order valence-corrected chi connectivity index (χ4v) is 4.23. The van der Waals surface area contributed by atoms with Gasteiger partial charge in [0.25, 0.3) is 0 Å². The number of esters is 5.